The van der Waals surface area contributed by atoms with Crippen molar-refractivity contribution in [2.75, 3.05) is 5.32 Å². The summed E-state index contributed by atoms with van der Waals surface area (Å²) in [6, 6.07) is 6.45. The first kappa shape index (κ1) is 19.0. The molecule has 1 N–H and O–H groups in total. The lowest BCUT2D eigenvalue weighted by molar-refractivity contribution is 0.103. The Morgan fingerprint density at radius 1 is 1.15 bits per heavy atom. The molecule has 5 nitrogen and oxygen atoms in total. The molecule has 2 aromatic rings. The van der Waals surface area contributed by atoms with Crippen molar-refractivity contribution in [3.63, 3.8) is 0 Å². The van der Waals surface area contributed by atoms with Crippen molar-refractivity contribution in [2.45, 2.75) is 62.0 Å². The van der Waals surface area contributed by atoms with Crippen LogP contribution in [-0.2, 0) is 15.3 Å². The number of sulfone groups is 1. The van der Waals surface area contributed by atoms with Gasteiger partial charge in [-0.1, -0.05) is 33.6 Å². The van der Waals surface area contributed by atoms with Gasteiger partial charge in [0.2, 0.25) is 0 Å². The van der Waals surface area contributed by atoms with E-state index in [9.17, 15) is 13.2 Å². The molecule has 1 amide bonds. The molecule has 0 aliphatic heterocycles. The fourth-order valence-electron chi connectivity index (χ4n) is 3.04. The van der Waals surface area contributed by atoms with Crippen LogP contribution in [0.3, 0.4) is 0 Å². The van der Waals surface area contributed by atoms with E-state index in [2.05, 4.69) is 31.1 Å². The van der Waals surface area contributed by atoms with Crippen molar-refractivity contribution >= 4 is 32.8 Å². The van der Waals surface area contributed by atoms with Gasteiger partial charge in [-0.15, -0.1) is 11.3 Å². The van der Waals surface area contributed by atoms with Gasteiger partial charge in [-0.25, -0.2) is 13.4 Å². The molecule has 1 aliphatic rings. The normalized spacial score (nSPS) is 16.0. The summed E-state index contributed by atoms with van der Waals surface area (Å²) in [5, 5.41) is 3.44. The molecule has 0 spiro atoms. The fourth-order valence-corrected chi connectivity index (χ4v) is 5.76. The molecule has 3 rings (SSSR count). The Labute approximate surface area is 158 Å². The average molecular weight is 393 g/mol. The zero-order chi connectivity index (χ0) is 18.9. The Balaban J connectivity index is 1.71. The number of rotatable bonds is 4. The first-order valence-electron chi connectivity index (χ1n) is 8.79. The predicted octanol–water partition coefficient (Wildman–Crippen LogP) is 4.41. The maximum Gasteiger partial charge on any atom is 0.267 e. The van der Waals surface area contributed by atoms with Gasteiger partial charge in [-0.2, -0.15) is 0 Å². The maximum absolute atomic E-state index is 12.6. The molecule has 1 aliphatic carbocycles. The van der Waals surface area contributed by atoms with Gasteiger partial charge in [0.1, 0.15) is 4.88 Å². The van der Waals surface area contributed by atoms with Crippen LogP contribution in [-0.4, -0.2) is 24.6 Å². The number of carbonyl (C=O) groups excluding carboxylic acids is 1. The Hall–Kier alpha value is -1.73. The first-order valence-corrected chi connectivity index (χ1v) is 11.2. The zero-order valence-electron chi connectivity index (χ0n) is 15.3. The van der Waals surface area contributed by atoms with Gasteiger partial charge in [0.15, 0.2) is 9.84 Å². The Morgan fingerprint density at radius 2 is 1.77 bits per heavy atom. The van der Waals surface area contributed by atoms with E-state index < -0.39 is 9.84 Å². The third kappa shape index (κ3) is 3.99. The smallest absolute Gasteiger partial charge is 0.267 e. The van der Waals surface area contributed by atoms with Gasteiger partial charge in [0.25, 0.3) is 5.91 Å². The van der Waals surface area contributed by atoms with E-state index in [1.807, 2.05) is 0 Å². The van der Waals surface area contributed by atoms with Gasteiger partial charge < -0.3 is 5.32 Å². The first-order chi connectivity index (χ1) is 12.2. The zero-order valence-corrected chi connectivity index (χ0v) is 16.9. The molecule has 0 radical (unpaired) electrons. The second-order valence-electron chi connectivity index (χ2n) is 7.71. The van der Waals surface area contributed by atoms with Gasteiger partial charge in [-0.3, -0.25) is 4.79 Å². The van der Waals surface area contributed by atoms with Gasteiger partial charge in [0, 0.05) is 11.1 Å². The number of hydrogen-bond donors (Lipinski definition) is 1. The second-order valence-corrected chi connectivity index (χ2v) is 11.0. The van der Waals surface area contributed by atoms with Crippen molar-refractivity contribution in [1.82, 2.24) is 4.98 Å². The molecule has 1 saturated carbocycles. The van der Waals surface area contributed by atoms with Crippen molar-refractivity contribution < 1.29 is 13.2 Å². The molecule has 26 heavy (non-hydrogen) atoms. The molecule has 1 heterocycles. The van der Waals surface area contributed by atoms with Crippen LogP contribution < -0.4 is 5.32 Å². The van der Waals surface area contributed by atoms with Crippen LogP contribution >= 0.6 is 11.3 Å². The lowest BCUT2D eigenvalue weighted by Crippen LogP contribution is -2.18. The summed E-state index contributed by atoms with van der Waals surface area (Å²) in [6.45, 7) is 6.16. The highest BCUT2D eigenvalue weighted by Gasteiger charge is 2.30. The quantitative estimate of drug-likeness (QED) is 0.836. The summed E-state index contributed by atoms with van der Waals surface area (Å²) in [7, 11) is -3.27. The molecule has 0 bridgehead atoms. The van der Waals surface area contributed by atoms with E-state index in [-0.39, 0.29) is 16.6 Å². The lowest BCUT2D eigenvalue weighted by Gasteiger charge is -2.13. The summed E-state index contributed by atoms with van der Waals surface area (Å²) in [5.41, 5.74) is 0.477. The second kappa shape index (κ2) is 7.12. The summed E-state index contributed by atoms with van der Waals surface area (Å²) in [6.07, 6.45) is 5.01. The van der Waals surface area contributed by atoms with Crippen molar-refractivity contribution in [2.24, 2.45) is 0 Å². The molecule has 1 aromatic carbocycles. The highest BCUT2D eigenvalue weighted by Crippen LogP contribution is 2.30. The number of nitrogens with zero attached hydrogens (tertiary/aromatic N) is 1. The Bertz CT molecular complexity index is 888. The minimum absolute atomic E-state index is 0.0978. The van der Waals surface area contributed by atoms with E-state index >= 15 is 0 Å². The Kier molecular flexibility index (Phi) is 5.21. The fraction of sp³-hybridized carbons (Fsp3) is 0.474. The molecular formula is C19H24N2O3S2. The maximum atomic E-state index is 12.6. The predicted molar refractivity (Wildman–Crippen MR) is 105 cm³/mol. The third-order valence-electron chi connectivity index (χ3n) is 4.55. The number of anilines is 1. The van der Waals surface area contributed by atoms with Gasteiger partial charge >= 0.3 is 0 Å². The van der Waals surface area contributed by atoms with Crippen molar-refractivity contribution in [3.05, 3.63) is 40.3 Å². The van der Waals surface area contributed by atoms with Crippen molar-refractivity contribution in [3.8, 4) is 0 Å². The average Bonchev–Trinajstić information content (AvgIpc) is 3.27. The van der Waals surface area contributed by atoms with E-state index in [0.29, 0.717) is 15.5 Å². The largest absolute Gasteiger partial charge is 0.321 e. The summed E-state index contributed by atoms with van der Waals surface area (Å²) in [4.78, 5) is 17.6. The summed E-state index contributed by atoms with van der Waals surface area (Å²) in [5.74, 6) is -0.232. The number of nitrogens with one attached hydrogen (secondary N) is 1. The highest BCUT2D eigenvalue weighted by molar-refractivity contribution is 7.92. The number of thiazole rings is 1. The molecule has 0 atom stereocenters. The number of carbonyl (C=O) groups is 1. The molecule has 0 unspecified atom stereocenters. The minimum Gasteiger partial charge on any atom is -0.321 e. The Morgan fingerprint density at radius 3 is 2.31 bits per heavy atom. The number of benzene rings is 1. The van der Waals surface area contributed by atoms with Crippen LogP contribution in [0.15, 0.2) is 35.4 Å². The van der Waals surface area contributed by atoms with E-state index in [0.717, 1.165) is 30.7 Å². The van der Waals surface area contributed by atoms with Crippen LogP contribution in [0, 0.1) is 0 Å². The molecule has 7 heteroatoms. The summed E-state index contributed by atoms with van der Waals surface area (Å²) >= 11 is 1.37. The van der Waals surface area contributed by atoms with E-state index in [1.165, 1.54) is 11.3 Å². The molecule has 0 saturated heterocycles. The monoisotopic (exact) mass is 392 g/mol. The molecule has 140 valence electrons. The SMILES string of the molecule is CC(C)(C)c1ncc(C(=O)Nc2ccc(S(=O)(=O)C3CCCC3)cc2)s1. The van der Waals surface area contributed by atoms with Crippen LogP contribution in [0.25, 0.3) is 0 Å². The van der Waals surface area contributed by atoms with Gasteiger partial charge in [0.05, 0.1) is 21.3 Å². The molecule has 1 fully saturated rings. The minimum atomic E-state index is -3.27. The standard InChI is InChI=1S/C19H24N2O3S2/c1-19(2,3)18-20-12-16(25-18)17(22)21-13-8-10-15(11-9-13)26(23,24)14-6-4-5-7-14/h8-12,14H,4-7H2,1-3H3,(H,21,22). The van der Waals surface area contributed by atoms with Crippen LogP contribution in [0.5, 0.6) is 0 Å². The van der Waals surface area contributed by atoms with Crippen LogP contribution in [0.1, 0.15) is 61.1 Å². The third-order valence-corrected chi connectivity index (χ3v) is 8.25. The van der Waals surface area contributed by atoms with Crippen molar-refractivity contribution in [1.29, 1.82) is 0 Å². The number of hydrogen-bond acceptors (Lipinski definition) is 5. The number of aromatic nitrogens is 1. The van der Waals surface area contributed by atoms with Gasteiger partial charge in [-0.05, 0) is 37.1 Å². The van der Waals surface area contributed by atoms with Crippen LogP contribution in [0.4, 0.5) is 5.69 Å². The van der Waals surface area contributed by atoms with E-state index in [1.54, 1.807) is 30.5 Å². The highest BCUT2D eigenvalue weighted by atomic mass is 32.2. The van der Waals surface area contributed by atoms with E-state index in [4.69, 9.17) is 0 Å². The number of amides is 1. The molecule has 1 aromatic heterocycles. The summed E-state index contributed by atoms with van der Waals surface area (Å²) < 4.78 is 25.2. The topological polar surface area (TPSA) is 76.1 Å². The molecular weight excluding hydrogens is 368 g/mol. The van der Waals surface area contributed by atoms with Crippen LogP contribution in [0.2, 0.25) is 0 Å². The lowest BCUT2D eigenvalue weighted by atomic mass is 9.98.